The zero-order valence-corrected chi connectivity index (χ0v) is 10.7. The van der Waals surface area contributed by atoms with Crippen LogP contribution < -0.4 is 16.4 Å². The molecule has 1 aromatic heterocycles. The Hall–Kier alpha value is -1.78. The minimum absolute atomic E-state index is 0.277. The molecule has 1 aliphatic rings. The van der Waals surface area contributed by atoms with Gasteiger partial charge in [0.05, 0.1) is 5.69 Å². The lowest BCUT2D eigenvalue weighted by Gasteiger charge is -2.36. The molecule has 1 aromatic rings. The molecular formula is C13H20N4O. The van der Waals surface area contributed by atoms with Crippen LogP contribution in [0, 0.1) is 0 Å². The molecule has 98 valence electrons. The molecule has 0 radical (unpaired) electrons. The number of primary amides is 1. The third-order valence-electron chi connectivity index (χ3n) is 3.53. The van der Waals surface area contributed by atoms with Gasteiger partial charge in [-0.15, -0.1) is 0 Å². The average molecular weight is 248 g/mol. The summed E-state index contributed by atoms with van der Waals surface area (Å²) >= 11 is 0. The molecule has 18 heavy (non-hydrogen) atoms. The topological polar surface area (TPSA) is 85.2 Å². The van der Waals surface area contributed by atoms with E-state index in [0.29, 0.717) is 17.5 Å². The Bertz CT molecular complexity index is 447. The van der Waals surface area contributed by atoms with Gasteiger partial charge in [-0.3, -0.25) is 4.79 Å². The Kier molecular flexibility index (Phi) is 3.69. The molecule has 5 heteroatoms. The lowest BCUT2D eigenvalue weighted by molar-refractivity contribution is 0.0995. The summed E-state index contributed by atoms with van der Waals surface area (Å²) in [4.78, 5) is 17.7. The highest BCUT2D eigenvalue weighted by Crippen LogP contribution is 2.29. The van der Waals surface area contributed by atoms with Crippen LogP contribution in [0.2, 0.25) is 0 Å². The fourth-order valence-corrected chi connectivity index (χ4v) is 2.53. The molecule has 1 unspecified atom stereocenters. The number of carbonyl (C=O) groups excluding carboxylic acids is 1. The van der Waals surface area contributed by atoms with Gasteiger partial charge >= 0.3 is 0 Å². The smallest absolute Gasteiger partial charge is 0.267 e. The lowest BCUT2D eigenvalue weighted by atomic mass is 10.00. The summed E-state index contributed by atoms with van der Waals surface area (Å²) in [6, 6.07) is 3.74. The van der Waals surface area contributed by atoms with E-state index < -0.39 is 5.91 Å². The molecule has 2 rings (SSSR count). The lowest BCUT2D eigenvalue weighted by Crippen LogP contribution is -2.40. The third-order valence-corrected chi connectivity index (χ3v) is 3.53. The Morgan fingerprint density at radius 3 is 2.94 bits per heavy atom. The van der Waals surface area contributed by atoms with Gasteiger partial charge in [-0.1, -0.05) is 6.92 Å². The summed E-state index contributed by atoms with van der Waals surface area (Å²) < 4.78 is 0. The highest BCUT2D eigenvalue weighted by atomic mass is 16.1. The van der Waals surface area contributed by atoms with E-state index in [-0.39, 0.29) is 5.69 Å². The maximum Gasteiger partial charge on any atom is 0.267 e. The quantitative estimate of drug-likeness (QED) is 0.849. The van der Waals surface area contributed by atoms with Crippen LogP contribution in [-0.4, -0.2) is 23.5 Å². The molecule has 0 spiro atoms. The Morgan fingerprint density at radius 1 is 1.50 bits per heavy atom. The van der Waals surface area contributed by atoms with Crippen molar-refractivity contribution in [3.05, 3.63) is 17.8 Å². The number of amides is 1. The van der Waals surface area contributed by atoms with E-state index in [1.54, 1.807) is 12.1 Å². The van der Waals surface area contributed by atoms with Crippen LogP contribution in [0.25, 0.3) is 0 Å². The maximum absolute atomic E-state index is 11.2. The van der Waals surface area contributed by atoms with Crippen LogP contribution in [0.15, 0.2) is 12.1 Å². The van der Waals surface area contributed by atoms with E-state index in [1.165, 1.54) is 6.42 Å². The first-order valence-electron chi connectivity index (χ1n) is 6.46. The van der Waals surface area contributed by atoms with E-state index in [2.05, 4.69) is 16.8 Å². The van der Waals surface area contributed by atoms with Crippen LogP contribution in [0.3, 0.4) is 0 Å². The molecule has 0 aliphatic carbocycles. The molecule has 1 saturated heterocycles. The number of rotatable bonds is 3. The van der Waals surface area contributed by atoms with Gasteiger partial charge in [0, 0.05) is 12.6 Å². The molecule has 1 fully saturated rings. The van der Waals surface area contributed by atoms with Crippen molar-refractivity contribution in [3.8, 4) is 0 Å². The van der Waals surface area contributed by atoms with Gasteiger partial charge in [-0.05, 0) is 37.8 Å². The number of anilines is 2. The Balaban J connectivity index is 2.35. The Labute approximate surface area is 107 Å². The van der Waals surface area contributed by atoms with E-state index in [0.717, 1.165) is 25.8 Å². The van der Waals surface area contributed by atoms with Crippen molar-refractivity contribution in [2.75, 3.05) is 17.2 Å². The highest BCUT2D eigenvalue weighted by Gasteiger charge is 2.24. The number of nitrogens with zero attached hydrogens (tertiary/aromatic N) is 2. The maximum atomic E-state index is 11.2. The summed E-state index contributed by atoms with van der Waals surface area (Å²) in [5.74, 6) is 0.194. The van der Waals surface area contributed by atoms with E-state index in [4.69, 9.17) is 11.5 Å². The minimum atomic E-state index is -0.513. The van der Waals surface area contributed by atoms with Crippen LogP contribution in [0.4, 0.5) is 11.5 Å². The van der Waals surface area contributed by atoms with Crippen LogP contribution in [-0.2, 0) is 0 Å². The van der Waals surface area contributed by atoms with Crippen molar-refractivity contribution in [2.24, 2.45) is 5.73 Å². The SMILES string of the molecule is CCC1CCCCN1c1nc(C(N)=O)ccc1N. The van der Waals surface area contributed by atoms with Gasteiger partial charge in [0.1, 0.15) is 5.69 Å². The van der Waals surface area contributed by atoms with E-state index >= 15 is 0 Å². The number of hydrogen-bond donors (Lipinski definition) is 2. The molecular weight excluding hydrogens is 228 g/mol. The molecule has 1 amide bonds. The van der Waals surface area contributed by atoms with Crippen molar-refractivity contribution in [1.82, 2.24) is 4.98 Å². The fourth-order valence-electron chi connectivity index (χ4n) is 2.53. The van der Waals surface area contributed by atoms with Gasteiger partial charge in [0.2, 0.25) is 0 Å². The minimum Gasteiger partial charge on any atom is -0.396 e. The second-order valence-corrected chi connectivity index (χ2v) is 4.72. The molecule has 0 saturated carbocycles. The van der Waals surface area contributed by atoms with Gasteiger partial charge < -0.3 is 16.4 Å². The van der Waals surface area contributed by atoms with Gasteiger partial charge in [0.15, 0.2) is 5.82 Å². The summed E-state index contributed by atoms with van der Waals surface area (Å²) in [6.45, 7) is 3.11. The van der Waals surface area contributed by atoms with Crippen LogP contribution >= 0.6 is 0 Å². The van der Waals surface area contributed by atoms with Crippen LogP contribution in [0.1, 0.15) is 43.1 Å². The first-order valence-corrected chi connectivity index (χ1v) is 6.46. The predicted octanol–water partition coefficient (Wildman–Crippen LogP) is 1.53. The van der Waals surface area contributed by atoms with Crippen molar-refractivity contribution in [1.29, 1.82) is 0 Å². The number of piperidine rings is 1. The van der Waals surface area contributed by atoms with Crippen molar-refractivity contribution in [2.45, 2.75) is 38.6 Å². The van der Waals surface area contributed by atoms with E-state index in [9.17, 15) is 4.79 Å². The Morgan fingerprint density at radius 2 is 2.28 bits per heavy atom. The fraction of sp³-hybridized carbons (Fsp3) is 0.538. The number of aromatic nitrogens is 1. The number of pyridine rings is 1. The average Bonchev–Trinajstić information content (AvgIpc) is 2.39. The number of hydrogen-bond acceptors (Lipinski definition) is 4. The molecule has 1 atom stereocenters. The second kappa shape index (κ2) is 5.25. The van der Waals surface area contributed by atoms with Crippen molar-refractivity contribution >= 4 is 17.4 Å². The zero-order chi connectivity index (χ0) is 13.1. The zero-order valence-electron chi connectivity index (χ0n) is 10.7. The molecule has 0 aromatic carbocycles. The summed E-state index contributed by atoms with van der Waals surface area (Å²) in [5, 5.41) is 0. The van der Waals surface area contributed by atoms with Gasteiger partial charge in [-0.2, -0.15) is 0 Å². The molecule has 4 N–H and O–H groups in total. The number of nitrogens with two attached hydrogens (primary N) is 2. The van der Waals surface area contributed by atoms with Gasteiger partial charge in [-0.25, -0.2) is 4.98 Å². The molecule has 5 nitrogen and oxygen atoms in total. The number of carbonyl (C=O) groups is 1. The monoisotopic (exact) mass is 248 g/mol. The summed E-state index contributed by atoms with van der Waals surface area (Å²) in [5.41, 5.74) is 12.1. The molecule has 0 bridgehead atoms. The van der Waals surface area contributed by atoms with E-state index in [1.807, 2.05) is 0 Å². The normalized spacial score (nSPS) is 19.8. The standard InChI is InChI=1S/C13H20N4O/c1-2-9-5-3-4-8-17(9)13-10(14)6-7-11(16-13)12(15)18/h6-7,9H,2-5,8,14H2,1H3,(H2,15,18). The highest BCUT2D eigenvalue weighted by molar-refractivity contribution is 5.91. The number of nitrogen functional groups attached to an aromatic ring is 1. The summed E-state index contributed by atoms with van der Waals surface area (Å²) in [7, 11) is 0. The van der Waals surface area contributed by atoms with Crippen molar-refractivity contribution in [3.63, 3.8) is 0 Å². The summed E-state index contributed by atoms with van der Waals surface area (Å²) in [6.07, 6.45) is 4.59. The first kappa shape index (κ1) is 12.7. The molecule has 2 heterocycles. The largest absolute Gasteiger partial charge is 0.396 e. The van der Waals surface area contributed by atoms with Crippen molar-refractivity contribution < 1.29 is 4.79 Å². The second-order valence-electron chi connectivity index (χ2n) is 4.72. The van der Waals surface area contributed by atoms with Crippen LogP contribution in [0.5, 0.6) is 0 Å². The van der Waals surface area contributed by atoms with Gasteiger partial charge in [0.25, 0.3) is 5.91 Å². The third kappa shape index (κ3) is 2.39. The predicted molar refractivity (Wildman–Crippen MR) is 72.4 cm³/mol. The first-order chi connectivity index (χ1) is 8.63. The molecule has 1 aliphatic heterocycles.